The third kappa shape index (κ3) is 4.02. The van der Waals surface area contributed by atoms with Crippen molar-refractivity contribution in [2.75, 3.05) is 25.5 Å². The molecule has 0 aromatic heterocycles. The molecule has 2 aromatic carbocycles. The molecule has 1 N–H and O–H groups in total. The smallest absolute Gasteiger partial charge is 0.320 e. The minimum Gasteiger partial charge on any atom is -0.480 e. The molecule has 1 fully saturated rings. The molecule has 0 amide bonds. The quantitative estimate of drug-likeness (QED) is 0.842. The summed E-state index contributed by atoms with van der Waals surface area (Å²) in [6.07, 6.45) is 2.65. The predicted octanol–water partition coefficient (Wildman–Crippen LogP) is 4.43. The maximum absolute atomic E-state index is 11.9. The number of aliphatic carboxylic acids is 1. The van der Waals surface area contributed by atoms with Crippen LogP contribution in [0.5, 0.6) is 0 Å². The van der Waals surface area contributed by atoms with Crippen molar-refractivity contribution >= 4 is 23.3 Å². The lowest BCUT2D eigenvalue weighted by atomic mass is 9.91. The van der Waals surface area contributed by atoms with Crippen molar-refractivity contribution in [2.24, 2.45) is 0 Å². The molecule has 2 unspecified atom stereocenters. The average molecular weight is 373 g/mol. The van der Waals surface area contributed by atoms with Gasteiger partial charge in [-0.05, 0) is 54.8 Å². The number of carboxylic acids is 1. The molecule has 0 spiro atoms. The van der Waals surface area contributed by atoms with Crippen molar-refractivity contribution in [1.82, 2.24) is 4.90 Å². The summed E-state index contributed by atoms with van der Waals surface area (Å²) in [6, 6.07) is 15.5. The minimum atomic E-state index is -0.748. The van der Waals surface area contributed by atoms with Gasteiger partial charge in [-0.2, -0.15) is 0 Å². The molecule has 5 heteroatoms. The normalized spacial score (nSPS) is 19.1. The van der Waals surface area contributed by atoms with E-state index in [4.69, 9.17) is 11.6 Å². The standard InChI is InChI=1S/C21H25ClN2O2/c1-23(2)18-11-9-15(10-12-18)20(16-6-5-7-17(22)14-16)24-13-4-3-8-19(24)21(25)26/h5-7,9-12,14,19-20H,3-4,8,13H2,1-2H3,(H,25,26). The third-order valence-corrected chi connectivity index (χ3v) is 5.29. The molecule has 1 heterocycles. The summed E-state index contributed by atoms with van der Waals surface area (Å²) in [5.74, 6) is -0.748. The van der Waals surface area contributed by atoms with Crippen molar-refractivity contribution in [3.63, 3.8) is 0 Å². The highest BCUT2D eigenvalue weighted by molar-refractivity contribution is 6.30. The van der Waals surface area contributed by atoms with Gasteiger partial charge in [0, 0.05) is 24.8 Å². The number of nitrogens with zero attached hydrogens (tertiary/aromatic N) is 2. The molecule has 0 aliphatic carbocycles. The highest BCUT2D eigenvalue weighted by Crippen LogP contribution is 2.35. The number of halogens is 1. The predicted molar refractivity (Wildman–Crippen MR) is 106 cm³/mol. The number of piperidine rings is 1. The van der Waals surface area contributed by atoms with E-state index in [1.165, 1.54) is 0 Å². The van der Waals surface area contributed by atoms with E-state index in [-0.39, 0.29) is 6.04 Å². The molecule has 26 heavy (non-hydrogen) atoms. The van der Waals surface area contributed by atoms with Gasteiger partial charge in [-0.3, -0.25) is 9.69 Å². The lowest BCUT2D eigenvalue weighted by Crippen LogP contribution is -2.46. The number of benzene rings is 2. The summed E-state index contributed by atoms with van der Waals surface area (Å²) in [5, 5.41) is 10.4. The fraction of sp³-hybridized carbons (Fsp3) is 0.381. The van der Waals surface area contributed by atoms with Gasteiger partial charge in [0.15, 0.2) is 0 Å². The maximum atomic E-state index is 11.9. The number of rotatable bonds is 5. The second kappa shape index (κ2) is 8.11. The molecule has 0 saturated carbocycles. The Morgan fingerprint density at radius 2 is 1.88 bits per heavy atom. The lowest BCUT2D eigenvalue weighted by Gasteiger charge is -2.39. The van der Waals surface area contributed by atoms with E-state index in [1.54, 1.807) is 0 Å². The molecule has 0 bridgehead atoms. The van der Waals surface area contributed by atoms with Crippen LogP contribution in [0.25, 0.3) is 0 Å². The third-order valence-electron chi connectivity index (χ3n) is 5.05. The first-order chi connectivity index (χ1) is 12.5. The van der Waals surface area contributed by atoms with Gasteiger partial charge >= 0.3 is 5.97 Å². The zero-order chi connectivity index (χ0) is 18.7. The van der Waals surface area contributed by atoms with Crippen LogP contribution >= 0.6 is 11.6 Å². The summed E-state index contributed by atoms with van der Waals surface area (Å²) in [7, 11) is 4.02. The SMILES string of the molecule is CN(C)c1ccc(C(c2cccc(Cl)c2)N2CCCCC2C(=O)O)cc1. The highest BCUT2D eigenvalue weighted by Gasteiger charge is 2.35. The molecule has 4 nitrogen and oxygen atoms in total. The van der Waals surface area contributed by atoms with E-state index in [1.807, 2.05) is 38.4 Å². The minimum absolute atomic E-state index is 0.119. The zero-order valence-electron chi connectivity index (χ0n) is 15.2. The van der Waals surface area contributed by atoms with Crippen LogP contribution in [0.4, 0.5) is 5.69 Å². The first kappa shape index (κ1) is 18.7. The van der Waals surface area contributed by atoms with E-state index in [2.05, 4.69) is 34.1 Å². The van der Waals surface area contributed by atoms with Crippen LogP contribution in [-0.2, 0) is 4.79 Å². The second-order valence-corrected chi connectivity index (χ2v) is 7.47. The Kier molecular flexibility index (Phi) is 5.84. The Hall–Kier alpha value is -2.04. The van der Waals surface area contributed by atoms with Gasteiger partial charge in [0.05, 0.1) is 6.04 Å². The van der Waals surface area contributed by atoms with E-state index in [9.17, 15) is 9.90 Å². The number of likely N-dealkylation sites (tertiary alicyclic amines) is 1. The largest absolute Gasteiger partial charge is 0.480 e. The number of carboxylic acid groups (broad SMARTS) is 1. The van der Waals surface area contributed by atoms with Gasteiger partial charge < -0.3 is 10.0 Å². The monoisotopic (exact) mass is 372 g/mol. The summed E-state index contributed by atoms with van der Waals surface area (Å²) in [4.78, 5) is 16.0. The van der Waals surface area contributed by atoms with Crippen LogP contribution in [0.3, 0.4) is 0 Å². The Morgan fingerprint density at radius 3 is 2.50 bits per heavy atom. The Labute approximate surface area is 160 Å². The maximum Gasteiger partial charge on any atom is 0.320 e. The molecular weight excluding hydrogens is 348 g/mol. The lowest BCUT2D eigenvalue weighted by molar-refractivity contribution is -0.145. The van der Waals surface area contributed by atoms with Crippen LogP contribution in [0.1, 0.15) is 36.4 Å². The molecule has 3 rings (SSSR count). The van der Waals surface area contributed by atoms with Crippen molar-refractivity contribution in [1.29, 1.82) is 0 Å². The summed E-state index contributed by atoms with van der Waals surface area (Å²) < 4.78 is 0. The van der Waals surface area contributed by atoms with Gasteiger partial charge in [0.25, 0.3) is 0 Å². The number of hydrogen-bond acceptors (Lipinski definition) is 3. The molecule has 2 atom stereocenters. The van der Waals surface area contributed by atoms with E-state index >= 15 is 0 Å². The van der Waals surface area contributed by atoms with Gasteiger partial charge in [-0.25, -0.2) is 0 Å². The zero-order valence-corrected chi connectivity index (χ0v) is 16.0. The van der Waals surface area contributed by atoms with E-state index in [0.29, 0.717) is 11.4 Å². The van der Waals surface area contributed by atoms with Crippen molar-refractivity contribution < 1.29 is 9.90 Å². The Morgan fingerprint density at radius 1 is 1.15 bits per heavy atom. The van der Waals surface area contributed by atoms with Gasteiger partial charge in [-0.1, -0.05) is 42.3 Å². The van der Waals surface area contributed by atoms with Crippen molar-refractivity contribution in [3.05, 3.63) is 64.7 Å². The van der Waals surface area contributed by atoms with Crippen molar-refractivity contribution in [3.8, 4) is 0 Å². The van der Waals surface area contributed by atoms with Crippen LogP contribution in [0, 0.1) is 0 Å². The number of hydrogen-bond donors (Lipinski definition) is 1. The molecule has 0 radical (unpaired) electrons. The Balaban J connectivity index is 2.05. The highest BCUT2D eigenvalue weighted by atomic mass is 35.5. The average Bonchev–Trinajstić information content (AvgIpc) is 2.63. The van der Waals surface area contributed by atoms with Crippen LogP contribution in [0.15, 0.2) is 48.5 Å². The van der Waals surface area contributed by atoms with Crippen LogP contribution in [0.2, 0.25) is 5.02 Å². The molecule has 1 saturated heterocycles. The fourth-order valence-electron chi connectivity index (χ4n) is 3.73. The first-order valence-electron chi connectivity index (χ1n) is 8.98. The summed E-state index contributed by atoms with van der Waals surface area (Å²) in [5.41, 5.74) is 3.24. The van der Waals surface area contributed by atoms with Crippen LogP contribution < -0.4 is 4.90 Å². The number of carbonyl (C=O) groups is 1. The molecular formula is C21H25ClN2O2. The van der Waals surface area contributed by atoms with E-state index in [0.717, 1.165) is 36.2 Å². The molecule has 2 aromatic rings. The molecule has 1 aliphatic heterocycles. The Bertz CT molecular complexity index is 761. The molecule has 1 aliphatic rings. The summed E-state index contributed by atoms with van der Waals surface area (Å²) in [6.45, 7) is 0.767. The number of anilines is 1. The van der Waals surface area contributed by atoms with Gasteiger partial charge in [-0.15, -0.1) is 0 Å². The topological polar surface area (TPSA) is 43.8 Å². The first-order valence-corrected chi connectivity index (χ1v) is 9.36. The van der Waals surface area contributed by atoms with E-state index < -0.39 is 12.0 Å². The summed E-state index contributed by atoms with van der Waals surface area (Å²) >= 11 is 6.24. The molecule has 138 valence electrons. The van der Waals surface area contributed by atoms with Gasteiger partial charge in [0.1, 0.15) is 6.04 Å². The van der Waals surface area contributed by atoms with Gasteiger partial charge in [0.2, 0.25) is 0 Å². The fourth-order valence-corrected chi connectivity index (χ4v) is 3.93. The van der Waals surface area contributed by atoms with Crippen LogP contribution in [-0.4, -0.2) is 42.7 Å². The van der Waals surface area contributed by atoms with Crippen molar-refractivity contribution in [2.45, 2.75) is 31.3 Å². The second-order valence-electron chi connectivity index (χ2n) is 7.03.